The summed E-state index contributed by atoms with van der Waals surface area (Å²) in [4.78, 5) is 21.9. The summed E-state index contributed by atoms with van der Waals surface area (Å²) in [6, 6.07) is 4.94. The first-order chi connectivity index (χ1) is 7.95. The SMILES string of the molecule is COc1ccc(C(C)=O)cc1/C(C)=C\C(=O)O. The summed E-state index contributed by atoms with van der Waals surface area (Å²) < 4.78 is 5.14. The third-order valence-electron chi connectivity index (χ3n) is 2.37. The molecule has 90 valence electrons. The number of carbonyl (C=O) groups is 2. The van der Waals surface area contributed by atoms with Crippen LogP contribution in [0.15, 0.2) is 24.3 Å². The zero-order valence-electron chi connectivity index (χ0n) is 9.98. The molecule has 0 saturated heterocycles. The van der Waals surface area contributed by atoms with Crippen molar-refractivity contribution >= 4 is 17.3 Å². The highest BCUT2D eigenvalue weighted by atomic mass is 16.5. The highest BCUT2D eigenvalue weighted by Gasteiger charge is 2.09. The molecule has 0 aliphatic carbocycles. The van der Waals surface area contributed by atoms with Crippen molar-refractivity contribution < 1.29 is 19.4 Å². The molecular formula is C13H14O4. The fourth-order valence-electron chi connectivity index (χ4n) is 1.50. The van der Waals surface area contributed by atoms with Gasteiger partial charge in [0.05, 0.1) is 7.11 Å². The fraction of sp³-hybridized carbons (Fsp3) is 0.231. The standard InChI is InChI=1S/C13H14O4/c1-8(6-13(15)16)11-7-10(9(2)14)4-5-12(11)17-3/h4-7H,1-3H3,(H,15,16)/b8-6-. The van der Waals surface area contributed by atoms with Gasteiger partial charge in [-0.05, 0) is 37.6 Å². The number of carboxylic acid groups (broad SMARTS) is 1. The number of hydrogen-bond acceptors (Lipinski definition) is 3. The van der Waals surface area contributed by atoms with Crippen LogP contribution in [0.2, 0.25) is 0 Å². The van der Waals surface area contributed by atoms with Crippen LogP contribution in [-0.2, 0) is 4.79 Å². The van der Waals surface area contributed by atoms with Crippen LogP contribution in [-0.4, -0.2) is 24.0 Å². The number of hydrogen-bond donors (Lipinski definition) is 1. The molecule has 0 aromatic heterocycles. The number of aliphatic carboxylic acids is 1. The minimum absolute atomic E-state index is 0.0722. The van der Waals surface area contributed by atoms with E-state index >= 15 is 0 Å². The molecule has 17 heavy (non-hydrogen) atoms. The average molecular weight is 234 g/mol. The first-order valence-corrected chi connectivity index (χ1v) is 5.06. The lowest BCUT2D eigenvalue weighted by Gasteiger charge is -2.09. The highest BCUT2D eigenvalue weighted by Crippen LogP contribution is 2.27. The van der Waals surface area contributed by atoms with E-state index in [-0.39, 0.29) is 5.78 Å². The minimum Gasteiger partial charge on any atom is -0.496 e. The van der Waals surface area contributed by atoms with Crippen molar-refractivity contribution in [3.05, 3.63) is 35.4 Å². The second kappa shape index (κ2) is 5.30. The molecule has 0 bridgehead atoms. The molecule has 4 heteroatoms. The summed E-state index contributed by atoms with van der Waals surface area (Å²) in [6.07, 6.45) is 1.09. The van der Waals surface area contributed by atoms with Crippen molar-refractivity contribution in [3.63, 3.8) is 0 Å². The lowest BCUT2D eigenvalue weighted by Crippen LogP contribution is -1.98. The Balaban J connectivity index is 3.32. The normalized spacial score (nSPS) is 11.1. The van der Waals surface area contributed by atoms with Crippen LogP contribution < -0.4 is 4.74 Å². The molecule has 0 unspecified atom stereocenters. The first-order valence-electron chi connectivity index (χ1n) is 5.06. The van der Waals surface area contributed by atoms with Crippen molar-refractivity contribution in [3.8, 4) is 5.75 Å². The average Bonchev–Trinajstić information content (AvgIpc) is 2.27. The van der Waals surface area contributed by atoms with Crippen LogP contribution in [0.3, 0.4) is 0 Å². The van der Waals surface area contributed by atoms with E-state index in [1.54, 1.807) is 25.1 Å². The quantitative estimate of drug-likeness (QED) is 0.641. The van der Waals surface area contributed by atoms with Gasteiger partial charge in [0, 0.05) is 17.2 Å². The second-order valence-electron chi connectivity index (χ2n) is 3.64. The molecule has 0 amide bonds. The molecule has 1 aromatic carbocycles. The largest absolute Gasteiger partial charge is 0.496 e. The summed E-state index contributed by atoms with van der Waals surface area (Å²) in [5, 5.41) is 8.70. The predicted molar refractivity (Wildman–Crippen MR) is 64.3 cm³/mol. The molecule has 0 aliphatic heterocycles. The zero-order chi connectivity index (χ0) is 13.0. The van der Waals surface area contributed by atoms with Crippen LogP contribution in [0.5, 0.6) is 5.75 Å². The Morgan fingerprint density at radius 2 is 1.94 bits per heavy atom. The third kappa shape index (κ3) is 3.17. The monoisotopic (exact) mass is 234 g/mol. The molecule has 0 spiro atoms. The maximum absolute atomic E-state index is 11.3. The van der Waals surface area contributed by atoms with Crippen LogP contribution in [0, 0.1) is 0 Å². The van der Waals surface area contributed by atoms with Gasteiger partial charge in [-0.2, -0.15) is 0 Å². The maximum atomic E-state index is 11.3. The third-order valence-corrected chi connectivity index (χ3v) is 2.37. The minimum atomic E-state index is -1.03. The number of rotatable bonds is 4. The predicted octanol–water partition coefficient (Wildman–Crippen LogP) is 2.39. The van der Waals surface area contributed by atoms with Crippen LogP contribution in [0.4, 0.5) is 0 Å². The van der Waals surface area contributed by atoms with Gasteiger partial charge in [-0.3, -0.25) is 4.79 Å². The Morgan fingerprint density at radius 1 is 1.29 bits per heavy atom. The molecular weight excluding hydrogens is 220 g/mol. The number of carboxylic acids is 1. The van der Waals surface area contributed by atoms with Gasteiger partial charge in [-0.25, -0.2) is 4.79 Å². The van der Waals surface area contributed by atoms with Gasteiger partial charge < -0.3 is 9.84 Å². The van der Waals surface area contributed by atoms with Crippen molar-refractivity contribution in [2.45, 2.75) is 13.8 Å². The highest BCUT2D eigenvalue weighted by molar-refractivity contribution is 5.96. The summed E-state index contributed by atoms with van der Waals surface area (Å²) in [5.74, 6) is -0.556. The van der Waals surface area contributed by atoms with Gasteiger partial charge in [0.15, 0.2) is 5.78 Å². The Kier molecular flexibility index (Phi) is 4.04. The van der Waals surface area contributed by atoms with E-state index in [1.807, 2.05) is 0 Å². The van der Waals surface area contributed by atoms with E-state index in [2.05, 4.69) is 0 Å². The van der Waals surface area contributed by atoms with E-state index in [0.717, 1.165) is 6.08 Å². The van der Waals surface area contributed by atoms with Crippen molar-refractivity contribution in [2.75, 3.05) is 7.11 Å². The Bertz CT molecular complexity index is 486. The molecule has 0 fully saturated rings. The van der Waals surface area contributed by atoms with E-state index in [0.29, 0.717) is 22.4 Å². The van der Waals surface area contributed by atoms with Crippen LogP contribution in [0.1, 0.15) is 29.8 Å². The topological polar surface area (TPSA) is 63.6 Å². The van der Waals surface area contributed by atoms with Gasteiger partial charge in [0.1, 0.15) is 5.75 Å². The summed E-state index contributed by atoms with van der Waals surface area (Å²) in [7, 11) is 1.50. The number of allylic oxidation sites excluding steroid dienone is 1. The number of ketones is 1. The molecule has 0 radical (unpaired) electrons. The molecule has 0 saturated carbocycles. The summed E-state index contributed by atoms with van der Waals surface area (Å²) >= 11 is 0. The molecule has 4 nitrogen and oxygen atoms in total. The van der Waals surface area contributed by atoms with E-state index in [4.69, 9.17) is 9.84 Å². The van der Waals surface area contributed by atoms with Crippen LogP contribution in [0.25, 0.3) is 5.57 Å². The number of carbonyl (C=O) groups excluding carboxylic acids is 1. The Hall–Kier alpha value is -2.10. The number of benzene rings is 1. The van der Waals surface area contributed by atoms with E-state index in [1.165, 1.54) is 14.0 Å². The lowest BCUT2D eigenvalue weighted by atomic mass is 10.0. The molecule has 0 atom stereocenters. The Morgan fingerprint density at radius 3 is 2.41 bits per heavy atom. The summed E-state index contributed by atoms with van der Waals surface area (Å²) in [5.41, 5.74) is 1.68. The van der Waals surface area contributed by atoms with Crippen molar-refractivity contribution in [1.29, 1.82) is 0 Å². The molecule has 1 aromatic rings. The lowest BCUT2D eigenvalue weighted by molar-refractivity contribution is -0.131. The Labute approximate surface area is 99.5 Å². The number of methoxy groups -OCH3 is 1. The van der Waals surface area contributed by atoms with Crippen molar-refractivity contribution in [1.82, 2.24) is 0 Å². The zero-order valence-corrected chi connectivity index (χ0v) is 9.98. The molecule has 1 rings (SSSR count). The molecule has 0 aliphatic rings. The van der Waals surface area contributed by atoms with Gasteiger partial charge in [-0.1, -0.05) is 0 Å². The maximum Gasteiger partial charge on any atom is 0.328 e. The van der Waals surface area contributed by atoms with Gasteiger partial charge in [0.2, 0.25) is 0 Å². The van der Waals surface area contributed by atoms with E-state index in [9.17, 15) is 9.59 Å². The number of Topliss-reactive ketones (excluding diaryl/α,β-unsaturated/α-hetero) is 1. The van der Waals surface area contributed by atoms with Gasteiger partial charge in [-0.15, -0.1) is 0 Å². The fourth-order valence-corrected chi connectivity index (χ4v) is 1.50. The van der Waals surface area contributed by atoms with Crippen LogP contribution >= 0.6 is 0 Å². The van der Waals surface area contributed by atoms with E-state index < -0.39 is 5.97 Å². The number of ether oxygens (including phenoxy) is 1. The summed E-state index contributed by atoms with van der Waals surface area (Å²) in [6.45, 7) is 3.12. The second-order valence-corrected chi connectivity index (χ2v) is 3.64. The smallest absolute Gasteiger partial charge is 0.328 e. The molecule has 1 N–H and O–H groups in total. The van der Waals surface area contributed by atoms with Gasteiger partial charge >= 0.3 is 5.97 Å². The van der Waals surface area contributed by atoms with Crippen molar-refractivity contribution in [2.24, 2.45) is 0 Å². The molecule has 0 heterocycles. The first kappa shape index (κ1) is 13.0. The van der Waals surface area contributed by atoms with Gasteiger partial charge in [0.25, 0.3) is 0 Å².